The molecule has 1 atom stereocenters. The van der Waals surface area contributed by atoms with Crippen LogP contribution in [0, 0.1) is 0 Å². The van der Waals surface area contributed by atoms with Crippen molar-refractivity contribution in [1.29, 1.82) is 0 Å². The lowest BCUT2D eigenvalue weighted by Crippen LogP contribution is -2.36. The Bertz CT molecular complexity index is 658. The quantitative estimate of drug-likeness (QED) is 0.786. The highest BCUT2D eigenvalue weighted by atomic mass is 32.2. The Morgan fingerprint density at radius 3 is 2.70 bits per heavy atom. The number of benzene rings is 1. The Hall–Kier alpha value is -1.80. The normalized spacial score (nSPS) is 15.0. The van der Waals surface area contributed by atoms with Crippen LogP contribution in [0.3, 0.4) is 0 Å². The van der Waals surface area contributed by atoms with E-state index in [0.29, 0.717) is 31.3 Å². The molecule has 1 amide bonds. The van der Waals surface area contributed by atoms with Crippen LogP contribution >= 0.6 is 0 Å². The second kappa shape index (κ2) is 7.65. The van der Waals surface area contributed by atoms with E-state index >= 15 is 0 Å². The molecule has 0 aromatic heterocycles. The summed E-state index contributed by atoms with van der Waals surface area (Å²) in [7, 11) is -2.03. The summed E-state index contributed by atoms with van der Waals surface area (Å²) in [6.07, 6.45) is -0.106. The second-order valence-corrected chi connectivity index (χ2v) is 7.41. The van der Waals surface area contributed by atoms with Crippen molar-refractivity contribution in [2.24, 2.45) is 0 Å². The molecule has 7 nitrogen and oxygen atoms in total. The second-order valence-electron chi connectivity index (χ2n) is 5.30. The maximum Gasteiger partial charge on any atom is 0.221 e. The van der Waals surface area contributed by atoms with Crippen molar-refractivity contribution in [2.75, 3.05) is 32.7 Å². The summed E-state index contributed by atoms with van der Waals surface area (Å²) in [4.78, 5) is 11.9. The van der Waals surface area contributed by atoms with E-state index in [1.54, 1.807) is 13.0 Å². The number of hydrogen-bond acceptors (Lipinski definition) is 6. The number of carbonyl (C=O) groups is 1. The Morgan fingerprint density at radius 1 is 1.30 bits per heavy atom. The third-order valence-corrected chi connectivity index (χ3v) is 5.01. The number of rotatable bonds is 7. The van der Waals surface area contributed by atoms with E-state index in [1.807, 2.05) is 0 Å². The van der Waals surface area contributed by atoms with Gasteiger partial charge in [0, 0.05) is 25.6 Å². The number of methoxy groups -OCH3 is 1. The molecular weight excluding hydrogens is 322 g/mol. The molecule has 1 aliphatic heterocycles. The molecule has 1 aliphatic rings. The van der Waals surface area contributed by atoms with Gasteiger partial charge in [0.25, 0.3) is 0 Å². The standard InChI is InChI=1S/C15H21NO6S/c1-11(10-20-2)16-15(17)5-8-23(18,19)12-3-4-13-14(9-12)22-7-6-21-13/h3-4,9,11H,5-8,10H2,1-2H3,(H,16,17). The van der Waals surface area contributed by atoms with Gasteiger partial charge in [0.2, 0.25) is 5.91 Å². The van der Waals surface area contributed by atoms with Gasteiger partial charge in [0.15, 0.2) is 21.3 Å². The first-order valence-electron chi connectivity index (χ1n) is 7.33. The van der Waals surface area contributed by atoms with E-state index in [-0.39, 0.29) is 29.0 Å². The lowest BCUT2D eigenvalue weighted by atomic mass is 10.3. The molecule has 0 spiro atoms. The molecule has 0 radical (unpaired) electrons. The van der Waals surface area contributed by atoms with Crippen molar-refractivity contribution in [3.8, 4) is 11.5 Å². The Labute approximate surface area is 135 Å². The number of amides is 1. The molecule has 0 bridgehead atoms. The first kappa shape index (κ1) is 17.6. The zero-order chi connectivity index (χ0) is 16.9. The fourth-order valence-corrected chi connectivity index (χ4v) is 3.45. The fraction of sp³-hybridized carbons (Fsp3) is 0.533. The predicted molar refractivity (Wildman–Crippen MR) is 83.6 cm³/mol. The minimum atomic E-state index is -3.56. The van der Waals surface area contributed by atoms with Crippen LogP contribution in [0.2, 0.25) is 0 Å². The van der Waals surface area contributed by atoms with E-state index in [4.69, 9.17) is 14.2 Å². The van der Waals surface area contributed by atoms with Crippen LogP contribution in [0.15, 0.2) is 23.1 Å². The summed E-state index contributed by atoms with van der Waals surface area (Å²) in [6, 6.07) is 4.32. The van der Waals surface area contributed by atoms with Crippen molar-refractivity contribution in [3.05, 3.63) is 18.2 Å². The van der Waals surface area contributed by atoms with Crippen LogP contribution < -0.4 is 14.8 Å². The van der Waals surface area contributed by atoms with E-state index in [0.717, 1.165) is 0 Å². The average Bonchev–Trinajstić information content (AvgIpc) is 2.53. The Kier molecular flexibility index (Phi) is 5.84. The predicted octanol–water partition coefficient (Wildman–Crippen LogP) is 0.773. The minimum Gasteiger partial charge on any atom is -0.486 e. The molecule has 1 aromatic carbocycles. The summed E-state index contributed by atoms with van der Waals surface area (Å²) in [6.45, 7) is 2.99. The van der Waals surface area contributed by atoms with Gasteiger partial charge in [-0.15, -0.1) is 0 Å². The lowest BCUT2D eigenvalue weighted by molar-refractivity contribution is -0.121. The molecule has 1 heterocycles. The lowest BCUT2D eigenvalue weighted by Gasteiger charge is -2.18. The number of sulfone groups is 1. The molecule has 1 aromatic rings. The van der Waals surface area contributed by atoms with Gasteiger partial charge < -0.3 is 19.5 Å². The Morgan fingerprint density at radius 2 is 2.00 bits per heavy atom. The maximum atomic E-state index is 12.3. The summed E-state index contributed by atoms with van der Waals surface area (Å²) in [5.74, 6) is 0.352. The zero-order valence-corrected chi connectivity index (χ0v) is 14.0. The molecule has 2 rings (SSSR count). The first-order valence-corrected chi connectivity index (χ1v) is 8.98. The van der Waals surface area contributed by atoms with E-state index in [1.165, 1.54) is 19.2 Å². The van der Waals surface area contributed by atoms with Gasteiger partial charge in [-0.25, -0.2) is 8.42 Å². The van der Waals surface area contributed by atoms with Crippen LogP contribution in [0.4, 0.5) is 0 Å². The number of fused-ring (bicyclic) bond motifs is 1. The highest BCUT2D eigenvalue weighted by Crippen LogP contribution is 2.32. The van der Waals surface area contributed by atoms with Crippen LogP contribution in [0.1, 0.15) is 13.3 Å². The minimum absolute atomic E-state index is 0.106. The van der Waals surface area contributed by atoms with Crippen LogP contribution in [-0.2, 0) is 19.4 Å². The largest absolute Gasteiger partial charge is 0.486 e. The van der Waals surface area contributed by atoms with Gasteiger partial charge in [0.05, 0.1) is 17.3 Å². The van der Waals surface area contributed by atoms with E-state index in [2.05, 4.69) is 5.32 Å². The smallest absolute Gasteiger partial charge is 0.221 e. The van der Waals surface area contributed by atoms with Gasteiger partial charge >= 0.3 is 0 Å². The molecular formula is C15H21NO6S. The topological polar surface area (TPSA) is 90.9 Å². The number of ether oxygens (including phenoxy) is 3. The maximum absolute atomic E-state index is 12.3. The summed E-state index contributed by atoms with van der Waals surface area (Å²) >= 11 is 0. The highest BCUT2D eigenvalue weighted by molar-refractivity contribution is 7.91. The van der Waals surface area contributed by atoms with Crippen LogP contribution in [-0.4, -0.2) is 53.1 Å². The van der Waals surface area contributed by atoms with Gasteiger partial charge in [-0.1, -0.05) is 0 Å². The summed E-state index contributed by atoms with van der Waals surface area (Å²) < 4.78 is 40.3. The monoisotopic (exact) mass is 343 g/mol. The SMILES string of the molecule is COCC(C)NC(=O)CCS(=O)(=O)c1ccc2c(c1)OCCO2. The molecule has 128 valence electrons. The zero-order valence-electron chi connectivity index (χ0n) is 13.2. The van der Waals surface area contributed by atoms with Crippen molar-refractivity contribution in [2.45, 2.75) is 24.3 Å². The molecule has 0 saturated heterocycles. The molecule has 0 saturated carbocycles. The van der Waals surface area contributed by atoms with Gasteiger partial charge in [0.1, 0.15) is 13.2 Å². The van der Waals surface area contributed by atoms with Gasteiger partial charge in [-0.05, 0) is 19.1 Å². The fourth-order valence-electron chi connectivity index (χ4n) is 2.20. The van der Waals surface area contributed by atoms with Crippen molar-refractivity contribution >= 4 is 15.7 Å². The average molecular weight is 343 g/mol. The molecule has 23 heavy (non-hydrogen) atoms. The van der Waals surface area contributed by atoms with Crippen LogP contribution in [0.25, 0.3) is 0 Å². The number of hydrogen-bond donors (Lipinski definition) is 1. The van der Waals surface area contributed by atoms with E-state index in [9.17, 15) is 13.2 Å². The van der Waals surface area contributed by atoms with Crippen molar-refractivity contribution in [1.82, 2.24) is 5.32 Å². The number of nitrogens with one attached hydrogen (secondary N) is 1. The third kappa shape index (κ3) is 4.84. The van der Waals surface area contributed by atoms with Crippen molar-refractivity contribution < 1.29 is 27.4 Å². The molecule has 1 N–H and O–H groups in total. The summed E-state index contributed by atoms with van der Waals surface area (Å²) in [5.41, 5.74) is 0. The molecule has 1 unspecified atom stereocenters. The number of carbonyl (C=O) groups excluding carboxylic acids is 1. The Balaban J connectivity index is 1.97. The third-order valence-electron chi connectivity index (χ3n) is 3.29. The molecule has 0 fully saturated rings. The van der Waals surface area contributed by atoms with Gasteiger partial charge in [-0.2, -0.15) is 0 Å². The van der Waals surface area contributed by atoms with E-state index < -0.39 is 9.84 Å². The first-order chi connectivity index (χ1) is 10.9. The van der Waals surface area contributed by atoms with Crippen LogP contribution in [0.5, 0.6) is 11.5 Å². The molecule has 8 heteroatoms. The highest BCUT2D eigenvalue weighted by Gasteiger charge is 2.21. The summed E-state index contributed by atoms with van der Waals surface area (Å²) in [5, 5.41) is 2.68. The van der Waals surface area contributed by atoms with Gasteiger partial charge in [-0.3, -0.25) is 4.79 Å². The molecule has 0 aliphatic carbocycles. The van der Waals surface area contributed by atoms with Crippen molar-refractivity contribution in [3.63, 3.8) is 0 Å².